The fourth-order valence-electron chi connectivity index (χ4n) is 5.09. The van der Waals surface area contributed by atoms with Gasteiger partial charge >= 0.3 is 0 Å². The van der Waals surface area contributed by atoms with Crippen LogP contribution in [0.3, 0.4) is 0 Å². The summed E-state index contributed by atoms with van der Waals surface area (Å²) >= 11 is 0. The summed E-state index contributed by atoms with van der Waals surface area (Å²) in [6, 6.07) is 0.558. The Bertz CT molecular complexity index is 441. The number of likely N-dealkylation sites (tertiary alicyclic amines) is 1. The van der Waals surface area contributed by atoms with Gasteiger partial charge in [-0.3, -0.25) is 9.89 Å². The van der Waals surface area contributed by atoms with Crippen molar-refractivity contribution in [1.82, 2.24) is 20.0 Å². The maximum atomic E-state index is 5.15. The molecule has 2 saturated heterocycles. The molecule has 1 N–H and O–H groups in total. The quantitative estimate of drug-likeness (QED) is 0.601. The number of likely N-dealkylation sites (N-methyl/N-ethyl adjacent to an activating group) is 1. The summed E-state index contributed by atoms with van der Waals surface area (Å²) in [6.07, 6.45) is 5.72. The van der Waals surface area contributed by atoms with Crippen LogP contribution in [0.15, 0.2) is 4.99 Å². The molecular formula is C21H41N5. The summed E-state index contributed by atoms with van der Waals surface area (Å²) in [5, 5.41) is 3.59. The summed E-state index contributed by atoms with van der Waals surface area (Å²) in [6.45, 7) is 16.0. The van der Waals surface area contributed by atoms with Crippen molar-refractivity contribution in [2.24, 2.45) is 22.7 Å². The first-order valence-electron chi connectivity index (χ1n) is 11.0. The third-order valence-electron chi connectivity index (χ3n) is 6.82. The minimum atomic E-state index is 0.558. The second-order valence-electron chi connectivity index (χ2n) is 9.05. The Labute approximate surface area is 161 Å². The lowest BCUT2D eigenvalue weighted by molar-refractivity contribution is 0.0924. The van der Waals surface area contributed by atoms with Gasteiger partial charge in [-0.2, -0.15) is 0 Å². The fraction of sp³-hybridized carbons (Fsp3) is 0.952. The van der Waals surface area contributed by atoms with Crippen molar-refractivity contribution in [3.05, 3.63) is 0 Å². The molecule has 1 aliphatic carbocycles. The van der Waals surface area contributed by atoms with Crippen LogP contribution in [-0.2, 0) is 0 Å². The highest BCUT2D eigenvalue weighted by molar-refractivity contribution is 5.80. The van der Waals surface area contributed by atoms with Crippen LogP contribution in [0, 0.1) is 17.8 Å². The largest absolute Gasteiger partial charge is 0.357 e. The van der Waals surface area contributed by atoms with E-state index in [9.17, 15) is 0 Å². The Hall–Kier alpha value is -0.810. The zero-order valence-electron chi connectivity index (χ0n) is 17.6. The van der Waals surface area contributed by atoms with Crippen molar-refractivity contribution < 1.29 is 0 Å². The van der Waals surface area contributed by atoms with Crippen LogP contribution < -0.4 is 5.32 Å². The monoisotopic (exact) mass is 363 g/mol. The molecule has 2 aliphatic heterocycles. The Morgan fingerprint density at radius 2 is 1.65 bits per heavy atom. The van der Waals surface area contributed by atoms with Gasteiger partial charge in [-0.25, -0.2) is 0 Å². The highest BCUT2D eigenvalue weighted by atomic mass is 15.3. The molecule has 0 spiro atoms. The van der Waals surface area contributed by atoms with Crippen LogP contribution >= 0.6 is 0 Å². The Morgan fingerprint density at radius 3 is 2.19 bits per heavy atom. The van der Waals surface area contributed by atoms with E-state index >= 15 is 0 Å². The SMILES string of the molecule is CCNC(=NCC(C(C)C)N1CCN(C)CC1)N1CC2CCCCC2C1. The predicted octanol–water partition coefficient (Wildman–Crippen LogP) is 2.35. The van der Waals surface area contributed by atoms with Crippen LogP contribution in [0.2, 0.25) is 0 Å². The summed E-state index contributed by atoms with van der Waals surface area (Å²) in [4.78, 5) is 12.8. The van der Waals surface area contributed by atoms with Gasteiger partial charge in [-0.1, -0.05) is 26.7 Å². The first-order chi connectivity index (χ1) is 12.6. The van der Waals surface area contributed by atoms with Crippen LogP contribution in [0.4, 0.5) is 0 Å². The van der Waals surface area contributed by atoms with E-state index in [4.69, 9.17) is 4.99 Å². The molecule has 3 aliphatic rings. The molecule has 3 unspecified atom stereocenters. The molecule has 150 valence electrons. The zero-order chi connectivity index (χ0) is 18.5. The first kappa shape index (κ1) is 19.9. The molecule has 2 heterocycles. The van der Waals surface area contributed by atoms with Crippen LogP contribution in [-0.4, -0.2) is 86.1 Å². The van der Waals surface area contributed by atoms with E-state index in [1.807, 2.05) is 0 Å². The second-order valence-corrected chi connectivity index (χ2v) is 9.05. The van der Waals surface area contributed by atoms with Crippen molar-refractivity contribution in [2.45, 2.75) is 52.5 Å². The standard InChI is InChI=1S/C21H41N5/c1-5-22-21(26-15-18-8-6-7-9-19(18)16-26)23-14-20(17(2)3)25-12-10-24(4)11-13-25/h17-20H,5-16H2,1-4H3,(H,22,23). The maximum absolute atomic E-state index is 5.15. The number of piperazine rings is 1. The van der Waals surface area contributed by atoms with Crippen LogP contribution in [0.25, 0.3) is 0 Å². The molecule has 0 bridgehead atoms. The Kier molecular flexibility index (Phi) is 7.21. The van der Waals surface area contributed by atoms with Gasteiger partial charge < -0.3 is 15.1 Å². The number of nitrogens with zero attached hydrogens (tertiary/aromatic N) is 4. The van der Waals surface area contributed by atoms with Gasteiger partial charge in [0.15, 0.2) is 5.96 Å². The molecule has 0 aromatic heterocycles. The molecular weight excluding hydrogens is 322 g/mol. The number of fused-ring (bicyclic) bond motifs is 1. The average Bonchev–Trinajstić information content (AvgIpc) is 3.06. The molecule has 3 atom stereocenters. The van der Waals surface area contributed by atoms with E-state index in [0.29, 0.717) is 12.0 Å². The smallest absolute Gasteiger partial charge is 0.193 e. The van der Waals surface area contributed by atoms with Crippen LogP contribution in [0.5, 0.6) is 0 Å². The molecule has 0 aromatic rings. The minimum Gasteiger partial charge on any atom is -0.357 e. The van der Waals surface area contributed by atoms with Crippen molar-refractivity contribution in [2.75, 3.05) is 59.4 Å². The number of hydrogen-bond acceptors (Lipinski definition) is 3. The lowest BCUT2D eigenvalue weighted by Crippen LogP contribution is -2.52. The first-order valence-corrected chi connectivity index (χ1v) is 11.0. The lowest BCUT2D eigenvalue weighted by atomic mass is 9.82. The van der Waals surface area contributed by atoms with Crippen molar-refractivity contribution in [3.8, 4) is 0 Å². The van der Waals surface area contributed by atoms with Crippen LogP contribution in [0.1, 0.15) is 46.5 Å². The van der Waals surface area contributed by atoms with Gasteiger partial charge in [0.2, 0.25) is 0 Å². The maximum Gasteiger partial charge on any atom is 0.193 e. The summed E-state index contributed by atoms with van der Waals surface area (Å²) in [7, 11) is 2.23. The Balaban J connectivity index is 1.63. The lowest BCUT2D eigenvalue weighted by Gasteiger charge is -2.39. The molecule has 26 heavy (non-hydrogen) atoms. The molecule has 0 amide bonds. The third-order valence-corrected chi connectivity index (χ3v) is 6.82. The average molecular weight is 364 g/mol. The summed E-state index contributed by atoms with van der Waals surface area (Å²) < 4.78 is 0. The molecule has 3 fully saturated rings. The van der Waals surface area contributed by atoms with E-state index in [2.05, 4.69) is 47.8 Å². The Morgan fingerprint density at radius 1 is 1.04 bits per heavy atom. The van der Waals surface area contributed by atoms with E-state index in [0.717, 1.165) is 24.9 Å². The van der Waals surface area contributed by atoms with E-state index < -0.39 is 0 Å². The molecule has 1 saturated carbocycles. The van der Waals surface area contributed by atoms with Gasteiger partial charge in [-0.15, -0.1) is 0 Å². The summed E-state index contributed by atoms with van der Waals surface area (Å²) in [5.74, 6) is 3.63. The van der Waals surface area contributed by atoms with Gasteiger partial charge in [0.1, 0.15) is 0 Å². The fourth-order valence-corrected chi connectivity index (χ4v) is 5.09. The van der Waals surface area contributed by atoms with E-state index in [1.165, 1.54) is 70.9 Å². The number of aliphatic imine (C=N–C) groups is 1. The van der Waals surface area contributed by atoms with Gasteiger partial charge in [0.25, 0.3) is 0 Å². The highest BCUT2D eigenvalue weighted by Crippen LogP contribution is 2.36. The number of hydrogen-bond donors (Lipinski definition) is 1. The third kappa shape index (κ3) is 4.92. The van der Waals surface area contributed by atoms with Crippen molar-refractivity contribution in [3.63, 3.8) is 0 Å². The normalized spacial score (nSPS) is 29.9. The van der Waals surface area contributed by atoms with E-state index in [1.54, 1.807) is 0 Å². The molecule has 5 nitrogen and oxygen atoms in total. The van der Waals surface area contributed by atoms with Crippen molar-refractivity contribution in [1.29, 1.82) is 0 Å². The topological polar surface area (TPSA) is 34.1 Å². The van der Waals surface area contributed by atoms with Gasteiger partial charge in [-0.05, 0) is 44.6 Å². The zero-order valence-corrected chi connectivity index (χ0v) is 17.6. The molecule has 0 radical (unpaired) electrons. The minimum absolute atomic E-state index is 0.558. The summed E-state index contributed by atoms with van der Waals surface area (Å²) in [5.41, 5.74) is 0. The predicted molar refractivity (Wildman–Crippen MR) is 111 cm³/mol. The van der Waals surface area contributed by atoms with Gasteiger partial charge in [0, 0.05) is 51.9 Å². The van der Waals surface area contributed by atoms with Gasteiger partial charge in [0.05, 0.1) is 6.54 Å². The number of guanidine groups is 1. The molecule has 3 rings (SSSR count). The highest BCUT2D eigenvalue weighted by Gasteiger charge is 2.35. The van der Waals surface area contributed by atoms with Crippen molar-refractivity contribution >= 4 is 5.96 Å². The second kappa shape index (κ2) is 9.41. The van der Waals surface area contributed by atoms with E-state index in [-0.39, 0.29) is 0 Å². The molecule has 5 heteroatoms. The number of nitrogens with one attached hydrogen (secondary N) is 1. The number of rotatable bonds is 5. The molecule has 0 aromatic carbocycles.